The van der Waals surface area contributed by atoms with E-state index in [4.69, 9.17) is 5.73 Å². The molecule has 2 fully saturated rings. The molecule has 0 bridgehead atoms. The standard InChI is InChI=1S/C17H21FN4O/c18-11-3-4-14-15(7-11)21-16(20-14)5-6-17(23)22-8-12(10-1-2-10)13(19)9-22/h3-4,7,10,12-13H,1-2,5-6,8-9,19H2,(H,20,21). The molecule has 4 rings (SSSR count). The van der Waals surface area contributed by atoms with E-state index in [0.29, 0.717) is 30.8 Å². The third-order valence-corrected chi connectivity index (χ3v) is 5.06. The van der Waals surface area contributed by atoms with Gasteiger partial charge < -0.3 is 15.6 Å². The number of amides is 1. The zero-order valence-corrected chi connectivity index (χ0v) is 13.0. The maximum Gasteiger partial charge on any atom is 0.223 e. The summed E-state index contributed by atoms with van der Waals surface area (Å²) in [5, 5.41) is 0. The molecule has 2 aromatic rings. The van der Waals surface area contributed by atoms with Crippen LogP contribution in [0.25, 0.3) is 11.0 Å². The van der Waals surface area contributed by atoms with Gasteiger partial charge in [-0.1, -0.05) is 0 Å². The van der Waals surface area contributed by atoms with Gasteiger partial charge in [0.15, 0.2) is 0 Å². The van der Waals surface area contributed by atoms with Crippen LogP contribution in [0.3, 0.4) is 0 Å². The number of aromatic amines is 1. The zero-order chi connectivity index (χ0) is 16.0. The van der Waals surface area contributed by atoms with Crippen molar-refractivity contribution in [1.29, 1.82) is 0 Å². The van der Waals surface area contributed by atoms with Gasteiger partial charge in [0, 0.05) is 32.0 Å². The maximum atomic E-state index is 13.2. The molecule has 1 saturated heterocycles. The molecule has 1 saturated carbocycles. The van der Waals surface area contributed by atoms with Gasteiger partial charge in [-0.3, -0.25) is 4.79 Å². The summed E-state index contributed by atoms with van der Waals surface area (Å²) in [6.07, 6.45) is 3.47. The van der Waals surface area contributed by atoms with E-state index < -0.39 is 0 Å². The topological polar surface area (TPSA) is 75.0 Å². The number of hydrogen-bond acceptors (Lipinski definition) is 3. The summed E-state index contributed by atoms with van der Waals surface area (Å²) >= 11 is 0. The van der Waals surface area contributed by atoms with Gasteiger partial charge in [-0.15, -0.1) is 0 Å². The van der Waals surface area contributed by atoms with Gasteiger partial charge in [0.2, 0.25) is 5.91 Å². The number of H-pyrrole nitrogens is 1. The molecule has 2 aliphatic rings. The van der Waals surface area contributed by atoms with Gasteiger partial charge in [0.1, 0.15) is 11.6 Å². The van der Waals surface area contributed by atoms with Gasteiger partial charge in [0.25, 0.3) is 0 Å². The molecule has 1 aliphatic carbocycles. The zero-order valence-electron chi connectivity index (χ0n) is 13.0. The number of likely N-dealkylation sites (tertiary alicyclic amines) is 1. The predicted octanol–water partition coefficient (Wildman–Crippen LogP) is 1.83. The van der Waals surface area contributed by atoms with Crippen molar-refractivity contribution in [2.75, 3.05) is 13.1 Å². The fraction of sp³-hybridized carbons (Fsp3) is 0.529. The highest BCUT2D eigenvalue weighted by atomic mass is 19.1. The van der Waals surface area contributed by atoms with Crippen molar-refractivity contribution in [3.63, 3.8) is 0 Å². The monoisotopic (exact) mass is 316 g/mol. The number of carbonyl (C=O) groups excluding carboxylic acids is 1. The van der Waals surface area contributed by atoms with Crippen molar-refractivity contribution in [2.24, 2.45) is 17.6 Å². The highest BCUT2D eigenvalue weighted by molar-refractivity contribution is 5.77. The summed E-state index contributed by atoms with van der Waals surface area (Å²) in [7, 11) is 0. The van der Waals surface area contributed by atoms with Crippen LogP contribution in [0.15, 0.2) is 18.2 Å². The number of fused-ring (bicyclic) bond motifs is 1. The van der Waals surface area contributed by atoms with Gasteiger partial charge in [-0.2, -0.15) is 0 Å². The molecule has 3 N–H and O–H groups in total. The largest absolute Gasteiger partial charge is 0.342 e. The van der Waals surface area contributed by atoms with E-state index in [0.717, 1.165) is 23.8 Å². The van der Waals surface area contributed by atoms with E-state index in [2.05, 4.69) is 9.97 Å². The molecular formula is C17H21FN4O. The number of nitrogens with two attached hydrogens (primary N) is 1. The lowest BCUT2D eigenvalue weighted by molar-refractivity contribution is -0.130. The molecule has 2 unspecified atom stereocenters. The number of aromatic nitrogens is 2. The summed E-state index contributed by atoms with van der Waals surface area (Å²) < 4.78 is 13.2. The van der Waals surface area contributed by atoms with Crippen LogP contribution >= 0.6 is 0 Å². The normalized spacial score (nSPS) is 24.5. The van der Waals surface area contributed by atoms with Crippen molar-refractivity contribution in [3.8, 4) is 0 Å². The lowest BCUT2D eigenvalue weighted by Crippen LogP contribution is -2.32. The molecule has 0 spiro atoms. The minimum absolute atomic E-state index is 0.126. The maximum absolute atomic E-state index is 13.2. The van der Waals surface area contributed by atoms with Gasteiger partial charge in [-0.25, -0.2) is 9.37 Å². The molecule has 1 aromatic heterocycles. The van der Waals surface area contributed by atoms with Crippen molar-refractivity contribution >= 4 is 16.9 Å². The molecule has 23 heavy (non-hydrogen) atoms. The number of aryl methyl sites for hydroxylation is 1. The van der Waals surface area contributed by atoms with Crippen LogP contribution in [0.1, 0.15) is 25.1 Å². The summed E-state index contributed by atoms with van der Waals surface area (Å²) in [6.45, 7) is 1.47. The van der Waals surface area contributed by atoms with Crippen LogP contribution in [-0.2, 0) is 11.2 Å². The summed E-state index contributed by atoms with van der Waals surface area (Å²) in [5.74, 6) is 1.78. The van der Waals surface area contributed by atoms with Gasteiger partial charge >= 0.3 is 0 Å². The molecule has 5 nitrogen and oxygen atoms in total. The molecular weight excluding hydrogens is 295 g/mol. The lowest BCUT2D eigenvalue weighted by Gasteiger charge is -2.15. The molecule has 2 heterocycles. The quantitative estimate of drug-likeness (QED) is 0.903. The lowest BCUT2D eigenvalue weighted by atomic mass is 9.99. The average Bonchev–Trinajstić information content (AvgIpc) is 3.17. The van der Waals surface area contributed by atoms with E-state index in [-0.39, 0.29) is 17.8 Å². The minimum Gasteiger partial charge on any atom is -0.342 e. The fourth-order valence-corrected chi connectivity index (χ4v) is 3.62. The third-order valence-electron chi connectivity index (χ3n) is 5.06. The molecule has 0 radical (unpaired) electrons. The number of halogens is 1. The number of benzene rings is 1. The summed E-state index contributed by atoms with van der Waals surface area (Å²) in [4.78, 5) is 21.8. The number of hydrogen-bond donors (Lipinski definition) is 2. The second-order valence-electron chi connectivity index (χ2n) is 6.81. The second-order valence-corrected chi connectivity index (χ2v) is 6.81. The Bertz CT molecular complexity index is 739. The fourth-order valence-electron chi connectivity index (χ4n) is 3.62. The molecule has 122 valence electrons. The van der Waals surface area contributed by atoms with Gasteiger partial charge in [0.05, 0.1) is 11.0 Å². The van der Waals surface area contributed by atoms with Crippen LogP contribution in [0.5, 0.6) is 0 Å². The smallest absolute Gasteiger partial charge is 0.223 e. The number of carbonyl (C=O) groups is 1. The predicted molar refractivity (Wildman–Crippen MR) is 85.1 cm³/mol. The highest BCUT2D eigenvalue weighted by Crippen LogP contribution is 2.40. The number of imidazole rings is 1. The number of nitrogens with zero attached hydrogens (tertiary/aromatic N) is 2. The summed E-state index contributed by atoms with van der Waals surface area (Å²) in [5.41, 5.74) is 7.57. The highest BCUT2D eigenvalue weighted by Gasteiger charge is 2.41. The Morgan fingerprint density at radius 1 is 1.39 bits per heavy atom. The SMILES string of the molecule is NC1CN(C(=O)CCc2nc3ccc(F)cc3[nH]2)CC1C1CC1. The molecule has 1 aromatic carbocycles. The van der Waals surface area contributed by atoms with E-state index in [9.17, 15) is 9.18 Å². The average molecular weight is 316 g/mol. The van der Waals surface area contributed by atoms with Crippen LogP contribution in [-0.4, -0.2) is 39.9 Å². The van der Waals surface area contributed by atoms with Gasteiger partial charge in [-0.05, 0) is 42.9 Å². The Labute approximate surface area is 134 Å². The molecule has 6 heteroatoms. The Hall–Kier alpha value is -1.95. The second kappa shape index (κ2) is 5.60. The Morgan fingerprint density at radius 3 is 3.00 bits per heavy atom. The first-order valence-corrected chi connectivity index (χ1v) is 8.27. The van der Waals surface area contributed by atoms with Crippen molar-refractivity contribution in [1.82, 2.24) is 14.9 Å². The van der Waals surface area contributed by atoms with E-state index in [1.165, 1.54) is 25.0 Å². The first kappa shape index (κ1) is 14.6. The van der Waals surface area contributed by atoms with E-state index in [1.807, 2.05) is 4.90 Å². The molecule has 1 amide bonds. The molecule has 1 aliphatic heterocycles. The van der Waals surface area contributed by atoms with Crippen molar-refractivity contribution in [2.45, 2.75) is 31.7 Å². The van der Waals surface area contributed by atoms with Crippen molar-refractivity contribution in [3.05, 3.63) is 29.8 Å². The third kappa shape index (κ3) is 2.95. The number of rotatable bonds is 4. The Kier molecular flexibility index (Phi) is 3.56. The molecule has 2 atom stereocenters. The number of nitrogens with one attached hydrogen (secondary N) is 1. The van der Waals surface area contributed by atoms with E-state index >= 15 is 0 Å². The summed E-state index contributed by atoms with van der Waals surface area (Å²) in [6, 6.07) is 4.59. The van der Waals surface area contributed by atoms with E-state index in [1.54, 1.807) is 6.07 Å². The Balaban J connectivity index is 1.37. The minimum atomic E-state index is -0.291. The van der Waals surface area contributed by atoms with Crippen LogP contribution < -0.4 is 5.73 Å². The van der Waals surface area contributed by atoms with Crippen LogP contribution in [0.4, 0.5) is 4.39 Å². The first-order valence-electron chi connectivity index (χ1n) is 8.27. The first-order chi connectivity index (χ1) is 11.1. The Morgan fingerprint density at radius 2 is 2.22 bits per heavy atom. The van der Waals surface area contributed by atoms with Crippen LogP contribution in [0, 0.1) is 17.7 Å². The van der Waals surface area contributed by atoms with Crippen molar-refractivity contribution < 1.29 is 9.18 Å². The van der Waals surface area contributed by atoms with Crippen LogP contribution in [0.2, 0.25) is 0 Å².